The van der Waals surface area contributed by atoms with Crippen LogP contribution in [0, 0.1) is 13.8 Å². The van der Waals surface area contributed by atoms with E-state index in [0.29, 0.717) is 23.2 Å². The number of benzene rings is 2. The predicted octanol–water partition coefficient (Wildman–Crippen LogP) is 7.73. The van der Waals surface area contributed by atoms with Gasteiger partial charge in [0.1, 0.15) is 11.4 Å². The molecule has 3 fully saturated rings. The molecule has 4 aromatic rings. The smallest absolute Gasteiger partial charge is 0.274 e. The van der Waals surface area contributed by atoms with Gasteiger partial charge in [-0.25, -0.2) is 0 Å². The van der Waals surface area contributed by atoms with Crippen molar-refractivity contribution in [2.75, 3.05) is 30.8 Å². The SMILES string of the molecule is CNCc1cnc(C(=O)Nc2cccc(-c3cccc(NC(=O)c4cc(C5CC5)c(CN5CCCCC5)cn4)c3C)c2C)cc1C1CC1. The fraction of sp³-hybridized carbons (Fsp3) is 0.400. The molecular weight excluding hydrogens is 596 g/mol. The van der Waals surface area contributed by atoms with Gasteiger partial charge in [-0.3, -0.25) is 24.5 Å². The molecule has 0 bridgehead atoms. The number of hydrogen-bond donors (Lipinski definition) is 3. The first-order valence-corrected chi connectivity index (χ1v) is 17.6. The predicted molar refractivity (Wildman–Crippen MR) is 192 cm³/mol. The van der Waals surface area contributed by atoms with Gasteiger partial charge in [0, 0.05) is 36.9 Å². The number of likely N-dealkylation sites (tertiary alicyclic amines) is 1. The third-order valence-corrected chi connectivity index (χ3v) is 10.2. The zero-order valence-electron chi connectivity index (χ0n) is 28.4. The summed E-state index contributed by atoms with van der Waals surface area (Å²) in [6, 6.07) is 15.9. The van der Waals surface area contributed by atoms with Crippen molar-refractivity contribution in [1.29, 1.82) is 0 Å². The third kappa shape index (κ3) is 7.05. The number of anilines is 2. The molecule has 0 spiro atoms. The average Bonchev–Trinajstić information content (AvgIpc) is 4.02. The van der Waals surface area contributed by atoms with E-state index in [9.17, 15) is 9.59 Å². The first-order chi connectivity index (χ1) is 23.4. The Hall–Kier alpha value is -4.40. The van der Waals surface area contributed by atoms with Gasteiger partial charge in [0.15, 0.2) is 0 Å². The largest absolute Gasteiger partial charge is 0.320 e. The van der Waals surface area contributed by atoms with Crippen molar-refractivity contribution in [3.05, 3.63) is 106 Å². The van der Waals surface area contributed by atoms with Crippen molar-refractivity contribution >= 4 is 23.2 Å². The maximum Gasteiger partial charge on any atom is 0.274 e. The minimum atomic E-state index is -0.217. The van der Waals surface area contributed by atoms with Crippen LogP contribution in [0.15, 0.2) is 60.9 Å². The van der Waals surface area contributed by atoms with Crippen LogP contribution in [0.4, 0.5) is 11.4 Å². The quantitative estimate of drug-likeness (QED) is 0.155. The number of carbonyl (C=O) groups is 2. The highest BCUT2D eigenvalue weighted by molar-refractivity contribution is 6.05. The summed E-state index contributed by atoms with van der Waals surface area (Å²) in [5.74, 6) is 0.640. The molecule has 2 aromatic carbocycles. The van der Waals surface area contributed by atoms with Gasteiger partial charge in [0.05, 0.1) is 0 Å². The van der Waals surface area contributed by atoms with E-state index in [1.54, 1.807) is 0 Å². The fourth-order valence-electron chi connectivity index (χ4n) is 7.12. The Bertz CT molecular complexity index is 1840. The molecule has 2 aromatic heterocycles. The van der Waals surface area contributed by atoms with Gasteiger partial charge in [-0.05, 0) is 153 Å². The lowest BCUT2D eigenvalue weighted by atomic mass is 9.94. The summed E-state index contributed by atoms with van der Waals surface area (Å²) >= 11 is 0. The topological polar surface area (TPSA) is 99.2 Å². The zero-order chi connectivity index (χ0) is 33.2. The molecule has 8 heteroatoms. The van der Waals surface area contributed by atoms with Gasteiger partial charge in [0.25, 0.3) is 11.8 Å². The van der Waals surface area contributed by atoms with Gasteiger partial charge in [-0.1, -0.05) is 30.7 Å². The standard InChI is InChI=1S/C40H46N6O2/c1-25-31(9-7-11-35(25)44-39(47)37-19-33(27-13-14-27)29(21-41-3)22-42-37)32-10-8-12-36(26(32)2)45-40(48)38-20-34(28-15-16-28)30(23-43-38)24-46-17-5-4-6-18-46/h7-12,19-20,22-23,27-28,41H,4-6,13-18,21,24H2,1-3H3,(H,44,47)(H,45,48). The molecule has 8 nitrogen and oxygen atoms in total. The van der Waals surface area contributed by atoms with E-state index in [1.807, 2.05) is 69.7 Å². The second-order valence-corrected chi connectivity index (χ2v) is 13.8. The lowest BCUT2D eigenvalue weighted by molar-refractivity contribution is 0.101. The lowest BCUT2D eigenvalue weighted by Crippen LogP contribution is -2.29. The van der Waals surface area contributed by atoms with Gasteiger partial charge in [-0.15, -0.1) is 0 Å². The number of nitrogens with one attached hydrogen (secondary N) is 3. The van der Waals surface area contributed by atoms with E-state index in [-0.39, 0.29) is 11.8 Å². The zero-order valence-corrected chi connectivity index (χ0v) is 28.4. The van der Waals surface area contributed by atoms with Crippen LogP contribution in [0.5, 0.6) is 0 Å². The molecule has 1 aliphatic heterocycles. The third-order valence-electron chi connectivity index (χ3n) is 10.2. The van der Waals surface area contributed by atoms with Crippen LogP contribution in [-0.2, 0) is 13.1 Å². The molecule has 3 aliphatic rings. The first-order valence-electron chi connectivity index (χ1n) is 17.6. The Morgan fingerprint density at radius 1 is 0.729 bits per heavy atom. The maximum atomic E-state index is 13.6. The second-order valence-electron chi connectivity index (χ2n) is 13.8. The monoisotopic (exact) mass is 642 g/mol. The Morgan fingerprint density at radius 2 is 1.23 bits per heavy atom. The van der Waals surface area contributed by atoms with Crippen LogP contribution in [0.1, 0.15) is 111 Å². The van der Waals surface area contributed by atoms with Crippen molar-refractivity contribution in [3.8, 4) is 11.1 Å². The van der Waals surface area contributed by atoms with Crippen molar-refractivity contribution in [2.45, 2.75) is 83.7 Å². The molecule has 2 amide bonds. The lowest BCUT2D eigenvalue weighted by Gasteiger charge is -2.27. The Balaban J connectivity index is 1.09. The fourth-order valence-corrected chi connectivity index (χ4v) is 7.12. The highest BCUT2D eigenvalue weighted by Crippen LogP contribution is 2.43. The normalized spacial score (nSPS) is 16.5. The van der Waals surface area contributed by atoms with Gasteiger partial charge < -0.3 is 16.0 Å². The average molecular weight is 643 g/mol. The number of piperidine rings is 1. The molecular formula is C40H46N6O2. The van der Waals surface area contributed by atoms with Crippen LogP contribution < -0.4 is 16.0 Å². The first kappa shape index (κ1) is 32.2. The summed E-state index contributed by atoms with van der Waals surface area (Å²) in [6.07, 6.45) is 12.3. The Kier molecular flexibility index (Phi) is 9.37. The summed E-state index contributed by atoms with van der Waals surface area (Å²) in [5.41, 5.74) is 11.2. The summed E-state index contributed by atoms with van der Waals surface area (Å²) in [5, 5.41) is 9.47. The van der Waals surface area contributed by atoms with Gasteiger partial charge >= 0.3 is 0 Å². The van der Waals surface area contributed by atoms with E-state index < -0.39 is 0 Å². The number of carbonyl (C=O) groups excluding carboxylic acids is 2. The number of aromatic nitrogens is 2. The minimum Gasteiger partial charge on any atom is -0.320 e. The molecule has 3 heterocycles. The summed E-state index contributed by atoms with van der Waals surface area (Å²) < 4.78 is 0. The molecule has 2 aliphatic carbocycles. The highest BCUT2D eigenvalue weighted by atomic mass is 16.2. The van der Waals surface area contributed by atoms with E-state index in [2.05, 4.69) is 43.0 Å². The van der Waals surface area contributed by atoms with Crippen molar-refractivity contribution in [3.63, 3.8) is 0 Å². The molecule has 0 radical (unpaired) electrons. The van der Waals surface area contributed by atoms with E-state index >= 15 is 0 Å². The number of hydrogen-bond acceptors (Lipinski definition) is 6. The van der Waals surface area contributed by atoms with E-state index in [4.69, 9.17) is 0 Å². The number of nitrogens with zero attached hydrogens (tertiary/aromatic N) is 3. The summed E-state index contributed by atoms with van der Waals surface area (Å²) in [6.45, 7) is 7.98. The van der Waals surface area contributed by atoms with Crippen molar-refractivity contribution in [2.24, 2.45) is 0 Å². The highest BCUT2D eigenvalue weighted by Gasteiger charge is 2.29. The molecule has 0 atom stereocenters. The van der Waals surface area contributed by atoms with Gasteiger partial charge in [0.2, 0.25) is 0 Å². The summed E-state index contributed by atoms with van der Waals surface area (Å²) in [7, 11) is 1.93. The van der Waals surface area contributed by atoms with Gasteiger partial charge in [-0.2, -0.15) is 0 Å². The van der Waals surface area contributed by atoms with Crippen molar-refractivity contribution in [1.82, 2.24) is 20.2 Å². The van der Waals surface area contributed by atoms with Crippen molar-refractivity contribution < 1.29 is 9.59 Å². The molecule has 48 heavy (non-hydrogen) atoms. The molecule has 7 rings (SSSR count). The molecule has 3 N–H and O–H groups in total. The number of amides is 2. The molecule has 0 unspecified atom stereocenters. The number of rotatable bonds is 11. The number of pyridine rings is 2. The van der Waals surface area contributed by atoms with Crippen LogP contribution >= 0.6 is 0 Å². The molecule has 248 valence electrons. The van der Waals surface area contributed by atoms with Crippen LogP contribution in [-0.4, -0.2) is 46.8 Å². The Labute approximate surface area is 283 Å². The maximum absolute atomic E-state index is 13.6. The van der Waals surface area contributed by atoms with E-state index in [0.717, 1.165) is 78.2 Å². The summed E-state index contributed by atoms with van der Waals surface area (Å²) in [4.78, 5) is 38.6. The van der Waals surface area contributed by atoms with Crippen LogP contribution in [0.2, 0.25) is 0 Å². The second kappa shape index (κ2) is 14.0. The Morgan fingerprint density at radius 3 is 1.73 bits per heavy atom. The molecule has 1 saturated heterocycles. The van der Waals surface area contributed by atoms with Crippen LogP contribution in [0.3, 0.4) is 0 Å². The minimum absolute atomic E-state index is 0.196. The van der Waals surface area contributed by atoms with E-state index in [1.165, 1.54) is 48.8 Å². The van der Waals surface area contributed by atoms with Crippen LogP contribution in [0.25, 0.3) is 11.1 Å². The molecule has 2 saturated carbocycles.